The van der Waals surface area contributed by atoms with E-state index in [1.807, 2.05) is 18.2 Å². The van der Waals surface area contributed by atoms with E-state index in [-0.39, 0.29) is 0 Å². The van der Waals surface area contributed by atoms with Gasteiger partial charge < -0.3 is 4.42 Å². The first-order chi connectivity index (χ1) is 6.81. The second-order valence-electron chi connectivity index (χ2n) is 2.90. The monoisotopic (exact) mass is 184 g/mol. The minimum absolute atomic E-state index is 0.601. The lowest BCUT2D eigenvalue weighted by Gasteiger charge is -1.97. The molecule has 68 valence electrons. The Bertz CT molecular complexity index is 494. The second-order valence-corrected chi connectivity index (χ2v) is 2.90. The molecule has 2 rings (SSSR count). The van der Waals surface area contributed by atoms with E-state index in [2.05, 4.69) is 11.1 Å². The van der Waals surface area contributed by atoms with E-state index in [0.717, 1.165) is 5.56 Å². The number of hydrogen-bond donors (Lipinski definition) is 0. The molecule has 0 bridgehead atoms. The van der Waals surface area contributed by atoms with E-state index in [4.69, 9.17) is 9.68 Å². The summed E-state index contributed by atoms with van der Waals surface area (Å²) in [5.41, 5.74) is 1.39. The fourth-order valence-corrected chi connectivity index (χ4v) is 1.28. The van der Waals surface area contributed by atoms with E-state index in [0.29, 0.717) is 17.2 Å². The summed E-state index contributed by atoms with van der Waals surface area (Å²) < 4.78 is 5.35. The van der Waals surface area contributed by atoms with Crippen molar-refractivity contribution in [2.24, 2.45) is 0 Å². The Hall–Kier alpha value is -2.08. The number of benzene rings is 1. The largest absolute Gasteiger partial charge is 0.441 e. The Morgan fingerprint density at radius 3 is 2.79 bits per heavy atom. The fourth-order valence-electron chi connectivity index (χ4n) is 1.28. The maximum atomic E-state index is 8.87. The minimum atomic E-state index is 0.601. The normalized spacial score (nSPS) is 9.71. The van der Waals surface area contributed by atoms with Crippen molar-refractivity contribution < 1.29 is 4.42 Å². The van der Waals surface area contributed by atoms with Gasteiger partial charge in [0.05, 0.1) is 17.8 Å². The van der Waals surface area contributed by atoms with Gasteiger partial charge in [-0.2, -0.15) is 5.26 Å². The smallest absolute Gasteiger partial charge is 0.191 e. The van der Waals surface area contributed by atoms with Crippen LogP contribution in [0.1, 0.15) is 11.5 Å². The molecule has 0 aliphatic heterocycles. The van der Waals surface area contributed by atoms with Gasteiger partial charge in [0.2, 0.25) is 0 Å². The van der Waals surface area contributed by atoms with Crippen LogP contribution < -0.4 is 0 Å². The molecule has 0 saturated carbocycles. The second kappa shape index (κ2) is 3.35. The Kier molecular flexibility index (Phi) is 2.04. The molecule has 1 aromatic carbocycles. The van der Waals surface area contributed by atoms with Crippen LogP contribution in [0.4, 0.5) is 0 Å². The predicted molar refractivity (Wildman–Crippen MR) is 51.4 cm³/mol. The molecule has 0 saturated heterocycles. The average molecular weight is 184 g/mol. The lowest BCUT2D eigenvalue weighted by molar-refractivity contribution is 0.534. The molecule has 0 aliphatic rings. The maximum Gasteiger partial charge on any atom is 0.191 e. The summed E-state index contributed by atoms with van der Waals surface area (Å²) in [5, 5.41) is 8.87. The number of hydrogen-bond acceptors (Lipinski definition) is 3. The summed E-state index contributed by atoms with van der Waals surface area (Å²) in [4.78, 5) is 3.99. The van der Waals surface area contributed by atoms with Gasteiger partial charge >= 0.3 is 0 Å². The van der Waals surface area contributed by atoms with E-state index >= 15 is 0 Å². The van der Waals surface area contributed by atoms with Crippen LogP contribution in [-0.2, 0) is 0 Å². The molecule has 0 amide bonds. The average Bonchev–Trinajstić information content (AvgIpc) is 2.65. The first-order valence-electron chi connectivity index (χ1n) is 4.23. The van der Waals surface area contributed by atoms with Crippen molar-refractivity contribution in [3.05, 3.63) is 41.9 Å². The van der Waals surface area contributed by atoms with Gasteiger partial charge in [-0.15, -0.1) is 0 Å². The third-order valence-corrected chi connectivity index (χ3v) is 1.93. The van der Waals surface area contributed by atoms with Crippen molar-refractivity contribution in [3.63, 3.8) is 0 Å². The summed E-state index contributed by atoms with van der Waals surface area (Å²) in [5.74, 6) is 1.24. The molecule has 0 radical (unpaired) electrons. The predicted octanol–water partition coefficient (Wildman–Crippen LogP) is 2.52. The number of aryl methyl sites for hydroxylation is 1. The van der Waals surface area contributed by atoms with Crippen molar-refractivity contribution in [2.45, 2.75) is 6.92 Å². The van der Waals surface area contributed by atoms with Crippen LogP contribution in [-0.4, -0.2) is 4.98 Å². The summed E-state index contributed by atoms with van der Waals surface area (Å²) >= 11 is 0. The standard InChI is InChI=1S/C11H8N2O/c1-8-13-7-11(14-8)10-5-3-2-4-9(10)6-12/h2-5,7H,1H3. The topological polar surface area (TPSA) is 49.8 Å². The number of oxazole rings is 1. The summed E-state index contributed by atoms with van der Waals surface area (Å²) in [6.07, 6.45) is 1.63. The van der Waals surface area contributed by atoms with Crippen molar-refractivity contribution in [1.29, 1.82) is 5.26 Å². The number of aromatic nitrogens is 1. The molecule has 14 heavy (non-hydrogen) atoms. The van der Waals surface area contributed by atoms with Gasteiger partial charge in [-0.25, -0.2) is 4.98 Å². The molecular weight excluding hydrogens is 176 g/mol. The summed E-state index contributed by atoms with van der Waals surface area (Å²) in [6.45, 7) is 1.78. The molecule has 3 heteroatoms. The lowest BCUT2D eigenvalue weighted by atomic mass is 10.1. The van der Waals surface area contributed by atoms with Gasteiger partial charge in [0.1, 0.15) is 0 Å². The zero-order valence-corrected chi connectivity index (χ0v) is 7.69. The van der Waals surface area contributed by atoms with Crippen LogP contribution in [0.5, 0.6) is 0 Å². The third-order valence-electron chi connectivity index (χ3n) is 1.93. The Morgan fingerprint density at radius 1 is 1.36 bits per heavy atom. The molecule has 2 aromatic rings. The van der Waals surface area contributed by atoms with Crippen LogP contribution in [0.25, 0.3) is 11.3 Å². The molecule has 0 fully saturated rings. The number of nitrogens with zero attached hydrogens (tertiary/aromatic N) is 2. The molecule has 1 heterocycles. The number of rotatable bonds is 1. The van der Waals surface area contributed by atoms with Gasteiger partial charge in [-0.1, -0.05) is 12.1 Å². The first-order valence-corrected chi connectivity index (χ1v) is 4.23. The van der Waals surface area contributed by atoms with Crippen molar-refractivity contribution in [1.82, 2.24) is 4.98 Å². The highest BCUT2D eigenvalue weighted by Gasteiger charge is 2.07. The zero-order chi connectivity index (χ0) is 9.97. The summed E-state index contributed by atoms with van der Waals surface area (Å²) in [6, 6.07) is 9.41. The quantitative estimate of drug-likeness (QED) is 0.684. The van der Waals surface area contributed by atoms with Crippen molar-refractivity contribution in [3.8, 4) is 17.4 Å². The molecule has 0 unspecified atom stereocenters. The van der Waals surface area contributed by atoms with Crippen LogP contribution in [0.2, 0.25) is 0 Å². The molecular formula is C11H8N2O. The third kappa shape index (κ3) is 1.38. The molecule has 1 aromatic heterocycles. The highest BCUT2D eigenvalue weighted by Crippen LogP contribution is 2.23. The van der Waals surface area contributed by atoms with Crippen LogP contribution in [0, 0.1) is 18.3 Å². The molecule has 0 atom stereocenters. The van der Waals surface area contributed by atoms with E-state index in [1.165, 1.54) is 0 Å². The van der Waals surface area contributed by atoms with Crippen LogP contribution in [0.15, 0.2) is 34.9 Å². The highest BCUT2D eigenvalue weighted by atomic mass is 16.4. The zero-order valence-electron chi connectivity index (χ0n) is 7.69. The van der Waals surface area contributed by atoms with Crippen molar-refractivity contribution >= 4 is 0 Å². The highest BCUT2D eigenvalue weighted by molar-refractivity contribution is 5.65. The minimum Gasteiger partial charge on any atom is -0.441 e. The van der Waals surface area contributed by atoms with E-state index < -0.39 is 0 Å². The Morgan fingerprint density at radius 2 is 2.14 bits per heavy atom. The number of nitriles is 1. The van der Waals surface area contributed by atoms with Gasteiger partial charge in [-0.3, -0.25) is 0 Å². The van der Waals surface area contributed by atoms with Gasteiger partial charge in [0.25, 0.3) is 0 Å². The van der Waals surface area contributed by atoms with Gasteiger partial charge in [0, 0.05) is 12.5 Å². The van der Waals surface area contributed by atoms with E-state index in [9.17, 15) is 0 Å². The Balaban J connectivity index is 2.57. The van der Waals surface area contributed by atoms with Gasteiger partial charge in [0.15, 0.2) is 11.7 Å². The van der Waals surface area contributed by atoms with Crippen LogP contribution in [0.3, 0.4) is 0 Å². The molecule has 0 spiro atoms. The first kappa shape index (κ1) is 8.52. The van der Waals surface area contributed by atoms with Crippen LogP contribution >= 0.6 is 0 Å². The molecule has 0 aliphatic carbocycles. The molecule has 0 N–H and O–H groups in total. The Labute approximate surface area is 81.6 Å². The SMILES string of the molecule is Cc1ncc(-c2ccccc2C#N)o1. The fraction of sp³-hybridized carbons (Fsp3) is 0.0909. The summed E-state index contributed by atoms with van der Waals surface area (Å²) in [7, 11) is 0. The van der Waals surface area contributed by atoms with Crippen molar-refractivity contribution in [2.75, 3.05) is 0 Å². The lowest BCUT2D eigenvalue weighted by Crippen LogP contribution is -1.80. The molecule has 3 nitrogen and oxygen atoms in total. The van der Waals surface area contributed by atoms with Gasteiger partial charge in [-0.05, 0) is 12.1 Å². The maximum absolute atomic E-state index is 8.87. The van der Waals surface area contributed by atoms with E-state index in [1.54, 1.807) is 19.2 Å².